The summed E-state index contributed by atoms with van der Waals surface area (Å²) in [7, 11) is 0. The third kappa shape index (κ3) is 4.69. The highest BCUT2D eigenvalue weighted by Crippen LogP contribution is 2.38. The third-order valence-electron chi connectivity index (χ3n) is 5.47. The number of allylic oxidation sites excluding steroid dienone is 1. The van der Waals surface area contributed by atoms with Gasteiger partial charge in [-0.15, -0.1) is 11.3 Å². The van der Waals surface area contributed by atoms with Crippen molar-refractivity contribution in [2.45, 2.75) is 45.6 Å². The van der Waals surface area contributed by atoms with Crippen LogP contribution in [0.5, 0.6) is 0 Å². The van der Waals surface area contributed by atoms with E-state index in [0.717, 1.165) is 53.4 Å². The second-order valence-electron chi connectivity index (χ2n) is 7.85. The standard InChI is InChI=1S/C25H26N2O3S/c1-3-7-16(2)26-22(28)15-30-25(29)23-19-9-4-5-10-21(19)27-24-17(11-12-20(23)24)14-18-8-6-13-31-18/h4-6,8-10,13-14,16H,3,7,11-12,15H2,1-2H3,(H,26,28)/b17-14+. The average molecular weight is 435 g/mol. The van der Waals surface area contributed by atoms with Crippen LogP contribution in [0.1, 0.15) is 59.6 Å². The summed E-state index contributed by atoms with van der Waals surface area (Å²) < 4.78 is 5.45. The van der Waals surface area contributed by atoms with Crippen molar-refractivity contribution in [1.29, 1.82) is 0 Å². The van der Waals surface area contributed by atoms with Crippen LogP contribution in [0, 0.1) is 0 Å². The molecule has 160 valence electrons. The summed E-state index contributed by atoms with van der Waals surface area (Å²) in [5.41, 5.74) is 4.19. The smallest absolute Gasteiger partial charge is 0.339 e. The number of esters is 1. The number of para-hydroxylation sites is 1. The number of fused-ring (bicyclic) bond motifs is 2. The Morgan fingerprint density at radius 1 is 1.23 bits per heavy atom. The molecule has 31 heavy (non-hydrogen) atoms. The lowest BCUT2D eigenvalue weighted by molar-refractivity contribution is -0.124. The molecule has 0 spiro atoms. The predicted octanol–water partition coefficient (Wildman–Crippen LogP) is 5.24. The number of amides is 1. The fourth-order valence-electron chi connectivity index (χ4n) is 4.08. The minimum atomic E-state index is -0.467. The maximum Gasteiger partial charge on any atom is 0.339 e. The first-order chi connectivity index (χ1) is 15.1. The molecular formula is C25H26N2O3S. The van der Waals surface area contributed by atoms with Crippen molar-refractivity contribution >= 4 is 45.8 Å². The monoisotopic (exact) mass is 434 g/mol. The van der Waals surface area contributed by atoms with E-state index in [0.29, 0.717) is 5.56 Å². The molecule has 0 bridgehead atoms. The zero-order valence-corrected chi connectivity index (χ0v) is 18.6. The van der Waals surface area contributed by atoms with Gasteiger partial charge in [0.2, 0.25) is 0 Å². The fourth-order valence-corrected chi connectivity index (χ4v) is 4.76. The molecule has 1 amide bonds. The molecule has 1 aromatic carbocycles. The second-order valence-corrected chi connectivity index (χ2v) is 8.83. The molecule has 0 fully saturated rings. The van der Waals surface area contributed by atoms with Crippen molar-refractivity contribution < 1.29 is 14.3 Å². The topological polar surface area (TPSA) is 68.3 Å². The molecule has 1 atom stereocenters. The lowest BCUT2D eigenvalue weighted by Gasteiger charge is -2.14. The van der Waals surface area contributed by atoms with E-state index in [4.69, 9.17) is 9.72 Å². The van der Waals surface area contributed by atoms with Crippen molar-refractivity contribution in [2.24, 2.45) is 0 Å². The Morgan fingerprint density at radius 2 is 2.06 bits per heavy atom. The highest BCUT2D eigenvalue weighted by Gasteiger charge is 2.28. The largest absolute Gasteiger partial charge is 0.452 e. The lowest BCUT2D eigenvalue weighted by Crippen LogP contribution is -2.35. The number of ether oxygens (including phenoxy) is 1. The Kier molecular flexibility index (Phi) is 6.47. The normalized spacial score (nSPS) is 15.1. The van der Waals surface area contributed by atoms with Gasteiger partial charge in [-0.1, -0.05) is 37.6 Å². The lowest BCUT2D eigenvalue weighted by atomic mass is 10.0. The zero-order chi connectivity index (χ0) is 21.8. The molecule has 4 rings (SSSR count). The summed E-state index contributed by atoms with van der Waals surface area (Å²) >= 11 is 1.68. The summed E-state index contributed by atoms with van der Waals surface area (Å²) in [5.74, 6) is -0.742. The van der Waals surface area contributed by atoms with Crippen LogP contribution in [0.25, 0.3) is 22.6 Å². The molecule has 2 heterocycles. The van der Waals surface area contributed by atoms with Gasteiger partial charge in [-0.25, -0.2) is 9.78 Å². The molecule has 0 aliphatic heterocycles. The van der Waals surface area contributed by atoms with Crippen molar-refractivity contribution in [3.63, 3.8) is 0 Å². The number of carbonyl (C=O) groups is 2. The Balaban J connectivity index is 1.63. The van der Waals surface area contributed by atoms with Gasteiger partial charge >= 0.3 is 5.97 Å². The van der Waals surface area contributed by atoms with Crippen LogP contribution in [-0.4, -0.2) is 29.5 Å². The van der Waals surface area contributed by atoms with Gasteiger partial charge in [-0.05, 0) is 60.9 Å². The summed E-state index contributed by atoms with van der Waals surface area (Å²) in [6.45, 7) is 3.74. The Bertz CT molecular complexity index is 1140. The number of aromatic nitrogens is 1. The summed E-state index contributed by atoms with van der Waals surface area (Å²) in [6.07, 6.45) is 5.58. The van der Waals surface area contributed by atoms with Crippen LogP contribution < -0.4 is 5.32 Å². The molecule has 3 aromatic rings. The van der Waals surface area contributed by atoms with E-state index in [-0.39, 0.29) is 18.6 Å². The van der Waals surface area contributed by atoms with Gasteiger partial charge < -0.3 is 10.1 Å². The van der Waals surface area contributed by atoms with Gasteiger partial charge in [0.1, 0.15) is 0 Å². The van der Waals surface area contributed by atoms with E-state index in [1.807, 2.05) is 42.6 Å². The maximum atomic E-state index is 13.1. The van der Waals surface area contributed by atoms with Crippen LogP contribution >= 0.6 is 11.3 Å². The van der Waals surface area contributed by atoms with E-state index in [2.05, 4.69) is 24.4 Å². The molecule has 1 unspecified atom stereocenters. The van der Waals surface area contributed by atoms with E-state index >= 15 is 0 Å². The first-order valence-corrected chi connectivity index (χ1v) is 11.6. The second kappa shape index (κ2) is 9.43. The number of rotatable bonds is 7. The SMILES string of the molecule is CCCC(C)NC(=O)COC(=O)c1c2c(nc3ccccc13)/C(=C/c1cccs1)CC2. The molecule has 0 saturated heterocycles. The minimum Gasteiger partial charge on any atom is -0.452 e. The summed E-state index contributed by atoms with van der Waals surface area (Å²) in [5, 5.41) is 5.69. The molecule has 0 saturated carbocycles. The highest BCUT2D eigenvalue weighted by atomic mass is 32.1. The van der Waals surface area contributed by atoms with E-state index in [1.165, 1.54) is 4.88 Å². The number of thiophene rings is 1. The molecule has 1 aliphatic carbocycles. The predicted molar refractivity (Wildman–Crippen MR) is 125 cm³/mol. The van der Waals surface area contributed by atoms with Crippen LogP contribution in [0.4, 0.5) is 0 Å². The number of carbonyl (C=O) groups excluding carboxylic acids is 2. The number of hydrogen-bond donors (Lipinski definition) is 1. The van der Waals surface area contributed by atoms with Gasteiger partial charge in [0.25, 0.3) is 5.91 Å². The van der Waals surface area contributed by atoms with Gasteiger partial charge in [0.15, 0.2) is 6.61 Å². The number of nitrogens with zero attached hydrogens (tertiary/aromatic N) is 1. The molecule has 1 N–H and O–H groups in total. The minimum absolute atomic E-state index is 0.0622. The molecule has 0 radical (unpaired) electrons. The van der Waals surface area contributed by atoms with Crippen LogP contribution in [0.3, 0.4) is 0 Å². The van der Waals surface area contributed by atoms with E-state index < -0.39 is 5.97 Å². The first-order valence-electron chi connectivity index (χ1n) is 10.7. The van der Waals surface area contributed by atoms with Gasteiger partial charge in [0.05, 0.1) is 16.8 Å². The maximum absolute atomic E-state index is 13.1. The molecule has 6 heteroatoms. The van der Waals surface area contributed by atoms with Crippen molar-refractivity contribution in [3.05, 3.63) is 63.5 Å². The number of nitrogens with one attached hydrogen (secondary N) is 1. The summed E-state index contributed by atoms with van der Waals surface area (Å²) in [6, 6.07) is 11.8. The molecular weight excluding hydrogens is 408 g/mol. The van der Waals surface area contributed by atoms with Crippen molar-refractivity contribution in [3.8, 4) is 0 Å². The van der Waals surface area contributed by atoms with Crippen LogP contribution in [0.15, 0.2) is 41.8 Å². The quantitative estimate of drug-likeness (QED) is 0.516. The Hall–Kier alpha value is -2.99. The van der Waals surface area contributed by atoms with Gasteiger partial charge in [-0.2, -0.15) is 0 Å². The fraction of sp³-hybridized carbons (Fsp3) is 0.320. The number of benzene rings is 1. The van der Waals surface area contributed by atoms with Crippen molar-refractivity contribution in [2.75, 3.05) is 6.61 Å². The zero-order valence-electron chi connectivity index (χ0n) is 17.8. The van der Waals surface area contributed by atoms with E-state index in [9.17, 15) is 9.59 Å². The first kappa shape index (κ1) is 21.2. The highest BCUT2D eigenvalue weighted by molar-refractivity contribution is 7.10. The molecule has 1 aliphatic rings. The Labute approximate surface area is 186 Å². The van der Waals surface area contributed by atoms with Gasteiger partial charge in [0, 0.05) is 16.3 Å². The number of hydrogen-bond acceptors (Lipinski definition) is 5. The average Bonchev–Trinajstić information content (AvgIpc) is 3.41. The summed E-state index contributed by atoms with van der Waals surface area (Å²) in [4.78, 5) is 31.3. The van der Waals surface area contributed by atoms with E-state index in [1.54, 1.807) is 11.3 Å². The third-order valence-corrected chi connectivity index (χ3v) is 6.29. The van der Waals surface area contributed by atoms with Crippen LogP contribution in [0.2, 0.25) is 0 Å². The molecule has 5 nitrogen and oxygen atoms in total. The Morgan fingerprint density at radius 3 is 2.84 bits per heavy atom. The van der Waals surface area contributed by atoms with Crippen LogP contribution in [-0.2, 0) is 16.0 Å². The van der Waals surface area contributed by atoms with Crippen molar-refractivity contribution in [1.82, 2.24) is 10.3 Å². The number of pyridine rings is 1. The molecule has 2 aromatic heterocycles. The van der Waals surface area contributed by atoms with Gasteiger partial charge in [-0.3, -0.25) is 4.79 Å².